The highest BCUT2D eigenvalue weighted by atomic mass is 14.3. The molecule has 2 unspecified atom stereocenters. The van der Waals surface area contributed by atoms with E-state index in [-0.39, 0.29) is 0 Å². The molecule has 0 aromatic heterocycles. The number of hydrogen-bond donors (Lipinski definition) is 0. The van der Waals surface area contributed by atoms with E-state index in [0.29, 0.717) is 11.8 Å². The van der Waals surface area contributed by atoms with Crippen LogP contribution in [0.1, 0.15) is 11.5 Å². The van der Waals surface area contributed by atoms with Crippen LogP contribution in [0.4, 0.5) is 0 Å². The van der Waals surface area contributed by atoms with Gasteiger partial charge in [-0.15, -0.1) is 0 Å². The van der Waals surface area contributed by atoms with Gasteiger partial charge in [0.05, 0.1) is 0 Å². The van der Waals surface area contributed by atoms with Crippen molar-refractivity contribution in [3.05, 3.63) is 162 Å². The highest BCUT2D eigenvalue weighted by Gasteiger charge is 2.30. The Labute approximate surface area is 266 Å². The van der Waals surface area contributed by atoms with E-state index in [0.717, 1.165) is 0 Å². The fourth-order valence-corrected chi connectivity index (χ4v) is 9.05. The van der Waals surface area contributed by atoms with Gasteiger partial charge in [-0.2, -0.15) is 0 Å². The third-order valence-corrected chi connectivity index (χ3v) is 10.9. The molecule has 212 valence electrons. The van der Waals surface area contributed by atoms with E-state index >= 15 is 0 Å². The molecular formula is C46H28. The first-order valence-corrected chi connectivity index (χ1v) is 16.4. The second-order valence-electron chi connectivity index (χ2n) is 13.1. The van der Waals surface area contributed by atoms with Gasteiger partial charge in [0.2, 0.25) is 0 Å². The summed E-state index contributed by atoms with van der Waals surface area (Å²) >= 11 is 0. The summed E-state index contributed by atoms with van der Waals surface area (Å²) in [6.07, 6.45) is 11.8. The van der Waals surface area contributed by atoms with Crippen LogP contribution in [0.25, 0.3) is 93.0 Å². The second-order valence-corrected chi connectivity index (χ2v) is 13.1. The van der Waals surface area contributed by atoms with Crippen LogP contribution in [0.15, 0.2) is 152 Å². The lowest BCUT2D eigenvalue weighted by Crippen LogP contribution is -2.19. The van der Waals surface area contributed by atoms with Crippen molar-refractivity contribution in [1.82, 2.24) is 0 Å². The van der Waals surface area contributed by atoms with Crippen LogP contribution < -0.4 is 5.22 Å². The minimum absolute atomic E-state index is 0.348. The van der Waals surface area contributed by atoms with Gasteiger partial charge in [0.1, 0.15) is 0 Å². The topological polar surface area (TPSA) is 0 Å². The van der Waals surface area contributed by atoms with Gasteiger partial charge in [0.15, 0.2) is 0 Å². The van der Waals surface area contributed by atoms with Crippen molar-refractivity contribution in [2.45, 2.75) is 5.92 Å². The molecule has 0 spiro atoms. The van der Waals surface area contributed by atoms with Crippen molar-refractivity contribution >= 4 is 70.7 Å². The smallest absolute Gasteiger partial charge is 0.0125 e. The van der Waals surface area contributed by atoms with Gasteiger partial charge >= 0.3 is 0 Å². The summed E-state index contributed by atoms with van der Waals surface area (Å²) in [6, 6.07) is 47.9. The molecule has 46 heavy (non-hydrogen) atoms. The fourth-order valence-electron chi connectivity index (χ4n) is 9.05. The van der Waals surface area contributed by atoms with Crippen molar-refractivity contribution in [3.63, 3.8) is 0 Å². The Kier molecular flexibility index (Phi) is 4.77. The van der Waals surface area contributed by atoms with Crippen molar-refractivity contribution in [2.24, 2.45) is 5.92 Å². The highest BCUT2D eigenvalue weighted by molar-refractivity contribution is 6.36. The molecule has 0 nitrogen and oxygen atoms in total. The zero-order chi connectivity index (χ0) is 29.9. The van der Waals surface area contributed by atoms with E-state index < -0.39 is 0 Å². The predicted octanol–water partition coefficient (Wildman–Crippen LogP) is 11.7. The Morgan fingerprint density at radius 1 is 0.391 bits per heavy atom. The normalized spacial score (nSPS) is 17.1. The van der Waals surface area contributed by atoms with E-state index in [1.165, 1.54) is 97.7 Å². The molecule has 9 aromatic rings. The average molecular weight is 581 g/mol. The molecule has 0 aliphatic heterocycles. The molecule has 0 N–H and O–H groups in total. The Balaban J connectivity index is 1.47. The van der Waals surface area contributed by atoms with Gasteiger partial charge in [-0.05, 0) is 110 Å². The second kappa shape index (κ2) is 8.93. The van der Waals surface area contributed by atoms with E-state index in [9.17, 15) is 0 Å². The first-order chi connectivity index (χ1) is 22.8. The van der Waals surface area contributed by atoms with Gasteiger partial charge < -0.3 is 0 Å². The first kappa shape index (κ1) is 24.6. The summed E-state index contributed by atoms with van der Waals surface area (Å²) in [7, 11) is 0. The molecule has 0 radical (unpaired) electrons. The third kappa shape index (κ3) is 3.09. The Morgan fingerprint density at radius 3 is 1.65 bits per heavy atom. The quantitative estimate of drug-likeness (QED) is 0.191. The predicted molar refractivity (Wildman–Crippen MR) is 198 cm³/mol. The molecule has 0 heteroatoms. The molecule has 2 aliphatic rings. The van der Waals surface area contributed by atoms with Crippen molar-refractivity contribution in [1.29, 1.82) is 0 Å². The van der Waals surface area contributed by atoms with Gasteiger partial charge in [-0.1, -0.05) is 146 Å². The van der Waals surface area contributed by atoms with Crippen LogP contribution in [-0.2, 0) is 0 Å². The van der Waals surface area contributed by atoms with Crippen LogP contribution in [0.3, 0.4) is 0 Å². The van der Waals surface area contributed by atoms with Gasteiger partial charge in [0, 0.05) is 11.8 Å². The van der Waals surface area contributed by atoms with E-state index in [2.05, 4.69) is 158 Å². The lowest BCUT2D eigenvalue weighted by Gasteiger charge is -2.26. The summed E-state index contributed by atoms with van der Waals surface area (Å²) in [5.41, 5.74) is 6.67. The van der Waals surface area contributed by atoms with Crippen LogP contribution in [0.2, 0.25) is 0 Å². The van der Waals surface area contributed by atoms with Crippen LogP contribution >= 0.6 is 0 Å². The molecule has 0 heterocycles. The molecule has 11 rings (SSSR count). The minimum atomic E-state index is 0.348. The summed E-state index contributed by atoms with van der Waals surface area (Å²) in [5, 5.41) is 17.6. The standard InChI is InChI=1S/C46H28/c1-3-12-28(13-4-1)42-38-25-36-33-20-9-17-27-18-10-21-34(41(27)33)37(36)26-39(38)43(29-14-5-2-6-15-29)46-40-24-30-16-7-8-19-31(30)32-22-11-23-35(44(32)40)45(42)46/h1-26,30-31H. The zero-order valence-corrected chi connectivity index (χ0v) is 25.2. The third-order valence-electron chi connectivity index (χ3n) is 10.9. The Bertz CT molecular complexity index is 2830. The monoisotopic (exact) mass is 580 g/mol. The summed E-state index contributed by atoms with van der Waals surface area (Å²) in [4.78, 5) is 0. The lowest BCUT2D eigenvalue weighted by molar-refractivity contribution is 0.730. The van der Waals surface area contributed by atoms with Crippen molar-refractivity contribution in [2.75, 3.05) is 0 Å². The molecule has 2 aliphatic carbocycles. The highest BCUT2D eigenvalue weighted by Crippen LogP contribution is 2.51. The van der Waals surface area contributed by atoms with Gasteiger partial charge in [0.25, 0.3) is 0 Å². The molecule has 0 saturated heterocycles. The van der Waals surface area contributed by atoms with Gasteiger partial charge in [-0.3, -0.25) is 0 Å². The lowest BCUT2D eigenvalue weighted by atomic mass is 9.77. The fraction of sp³-hybridized carbons (Fsp3) is 0.0435. The van der Waals surface area contributed by atoms with Crippen LogP contribution in [0.5, 0.6) is 0 Å². The summed E-state index contributed by atoms with van der Waals surface area (Å²) in [6.45, 7) is 0. The van der Waals surface area contributed by atoms with Crippen LogP contribution in [-0.4, -0.2) is 0 Å². The van der Waals surface area contributed by atoms with E-state index in [4.69, 9.17) is 0 Å². The van der Waals surface area contributed by atoms with Crippen molar-refractivity contribution in [3.8, 4) is 22.3 Å². The number of hydrogen-bond acceptors (Lipinski definition) is 0. The minimum Gasteiger partial charge on any atom is -0.0767 e. The number of fused-ring (bicyclic) bond motifs is 9. The number of allylic oxidation sites excluding steroid dienone is 4. The number of benzene rings is 7. The molecule has 0 fully saturated rings. The Morgan fingerprint density at radius 2 is 0.978 bits per heavy atom. The molecule has 9 aromatic carbocycles. The maximum Gasteiger partial charge on any atom is 0.0125 e. The maximum atomic E-state index is 2.57. The Hall–Kier alpha value is -5.72. The SMILES string of the molecule is C1=CC2C=c3c4c(cccc4c4c(-c5ccccc5)c5cc6c(cc5c(-c5ccccc5)c34)c3cccc4cccc6c43)C2C=C1. The first-order valence-electron chi connectivity index (χ1n) is 16.4. The molecule has 0 bridgehead atoms. The molecule has 0 saturated carbocycles. The molecule has 0 amide bonds. The van der Waals surface area contributed by atoms with Crippen LogP contribution in [0, 0.1) is 5.92 Å². The number of rotatable bonds is 2. The summed E-state index contributed by atoms with van der Waals surface area (Å²) in [5.74, 6) is 0.717. The van der Waals surface area contributed by atoms with E-state index in [1.54, 1.807) is 0 Å². The van der Waals surface area contributed by atoms with Crippen molar-refractivity contribution < 1.29 is 0 Å². The molecule has 2 atom stereocenters. The zero-order valence-electron chi connectivity index (χ0n) is 25.2. The largest absolute Gasteiger partial charge is 0.0767 e. The van der Waals surface area contributed by atoms with E-state index in [1.807, 2.05) is 0 Å². The average Bonchev–Trinajstić information content (AvgIpc) is 3.61. The molecular weight excluding hydrogens is 553 g/mol. The summed E-state index contributed by atoms with van der Waals surface area (Å²) < 4.78 is 0. The van der Waals surface area contributed by atoms with Gasteiger partial charge in [-0.25, -0.2) is 0 Å². The maximum absolute atomic E-state index is 2.57.